The Kier molecular flexibility index (Phi) is 7.46. The second-order valence-electron chi connectivity index (χ2n) is 7.66. The SMILES string of the molecule is CC1=C(C(=O)OCC(C)C)C(c2cccc(OCc3ccc(Cl)cc3Cl)c2)NC(=O)N1. The van der Waals surface area contributed by atoms with Crippen LogP contribution in [0.3, 0.4) is 0 Å². The molecular formula is C23H24Cl2N2O4. The van der Waals surface area contributed by atoms with Gasteiger partial charge in [-0.2, -0.15) is 0 Å². The van der Waals surface area contributed by atoms with E-state index in [0.29, 0.717) is 39.2 Å². The highest BCUT2D eigenvalue weighted by Gasteiger charge is 2.32. The first-order valence-corrected chi connectivity index (χ1v) is 10.6. The summed E-state index contributed by atoms with van der Waals surface area (Å²) in [6.45, 7) is 6.14. The Hall–Kier alpha value is -2.70. The molecule has 0 saturated heterocycles. The Morgan fingerprint density at radius 1 is 1.16 bits per heavy atom. The van der Waals surface area contributed by atoms with E-state index in [1.54, 1.807) is 43.3 Å². The van der Waals surface area contributed by atoms with Gasteiger partial charge in [-0.25, -0.2) is 9.59 Å². The van der Waals surface area contributed by atoms with Gasteiger partial charge in [-0.15, -0.1) is 0 Å². The van der Waals surface area contributed by atoms with Crippen molar-refractivity contribution < 1.29 is 19.1 Å². The predicted molar refractivity (Wildman–Crippen MR) is 120 cm³/mol. The van der Waals surface area contributed by atoms with Gasteiger partial charge in [-0.05, 0) is 42.7 Å². The number of carbonyl (C=O) groups is 2. The van der Waals surface area contributed by atoms with Crippen molar-refractivity contribution in [3.8, 4) is 5.75 Å². The highest BCUT2D eigenvalue weighted by atomic mass is 35.5. The van der Waals surface area contributed by atoms with Gasteiger partial charge in [0, 0.05) is 21.3 Å². The van der Waals surface area contributed by atoms with Crippen molar-refractivity contribution in [2.45, 2.75) is 33.4 Å². The van der Waals surface area contributed by atoms with Crippen LogP contribution in [-0.2, 0) is 16.1 Å². The van der Waals surface area contributed by atoms with Gasteiger partial charge in [0.05, 0.1) is 18.2 Å². The molecule has 0 radical (unpaired) electrons. The van der Waals surface area contributed by atoms with Crippen LogP contribution in [0.1, 0.15) is 37.9 Å². The number of amides is 2. The van der Waals surface area contributed by atoms with E-state index >= 15 is 0 Å². The fourth-order valence-corrected chi connectivity index (χ4v) is 3.58. The minimum Gasteiger partial charge on any atom is -0.489 e. The maximum atomic E-state index is 12.7. The van der Waals surface area contributed by atoms with Gasteiger partial charge in [0.25, 0.3) is 0 Å². The number of ether oxygens (including phenoxy) is 2. The predicted octanol–water partition coefficient (Wildman–Crippen LogP) is 5.40. The van der Waals surface area contributed by atoms with E-state index in [1.807, 2.05) is 19.9 Å². The highest BCUT2D eigenvalue weighted by Crippen LogP contribution is 2.30. The van der Waals surface area contributed by atoms with Crippen molar-refractivity contribution in [3.63, 3.8) is 0 Å². The molecule has 2 amide bonds. The number of carbonyl (C=O) groups excluding carboxylic acids is 2. The molecule has 0 bridgehead atoms. The fourth-order valence-electron chi connectivity index (χ4n) is 3.12. The van der Waals surface area contributed by atoms with Gasteiger partial charge in [-0.3, -0.25) is 0 Å². The summed E-state index contributed by atoms with van der Waals surface area (Å²) in [5, 5.41) is 6.51. The zero-order valence-corrected chi connectivity index (χ0v) is 19.0. The van der Waals surface area contributed by atoms with E-state index in [9.17, 15) is 9.59 Å². The van der Waals surface area contributed by atoms with Crippen LogP contribution in [-0.4, -0.2) is 18.6 Å². The van der Waals surface area contributed by atoms with Crippen molar-refractivity contribution in [2.75, 3.05) is 6.61 Å². The maximum Gasteiger partial charge on any atom is 0.338 e. The molecule has 0 spiro atoms. The fraction of sp³-hybridized carbons (Fsp3) is 0.304. The van der Waals surface area contributed by atoms with Crippen molar-refractivity contribution in [1.82, 2.24) is 10.6 Å². The summed E-state index contributed by atoms with van der Waals surface area (Å²) in [5.41, 5.74) is 2.31. The number of hydrogen-bond acceptors (Lipinski definition) is 4. The number of esters is 1. The molecule has 2 N–H and O–H groups in total. The summed E-state index contributed by atoms with van der Waals surface area (Å²) in [4.78, 5) is 24.8. The number of hydrogen-bond donors (Lipinski definition) is 2. The minimum absolute atomic E-state index is 0.200. The second kappa shape index (κ2) is 10.1. The lowest BCUT2D eigenvalue weighted by molar-refractivity contribution is -0.140. The smallest absolute Gasteiger partial charge is 0.338 e. The Bertz CT molecular complexity index is 1020. The molecule has 1 heterocycles. The van der Waals surface area contributed by atoms with Crippen LogP contribution in [0.2, 0.25) is 10.0 Å². The number of benzene rings is 2. The summed E-state index contributed by atoms with van der Waals surface area (Å²) in [7, 11) is 0. The van der Waals surface area contributed by atoms with Gasteiger partial charge in [0.1, 0.15) is 12.4 Å². The van der Waals surface area contributed by atoms with Crippen LogP contribution < -0.4 is 15.4 Å². The van der Waals surface area contributed by atoms with Crippen LogP contribution in [0.4, 0.5) is 4.79 Å². The molecule has 164 valence electrons. The van der Waals surface area contributed by atoms with E-state index < -0.39 is 12.0 Å². The third kappa shape index (κ3) is 5.93. The lowest BCUT2D eigenvalue weighted by Crippen LogP contribution is -2.45. The first kappa shape index (κ1) is 23.0. The Labute approximate surface area is 191 Å². The quantitative estimate of drug-likeness (QED) is 0.540. The van der Waals surface area contributed by atoms with Crippen LogP contribution in [0.15, 0.2) is 53.7 Å². The lowest BCUT2D eigenvalue weighted by atomic mass is 9.95. The number of halogens is 2. The zero-order valence-electron chi connectivity index (χ0n) is 17.5. The summed E-state index contributed by atoms with van der Waals surface area (Å²) >= 11 is 12.1. The van der Waals surface area contributed by atoms with Gasteiger partial charge < -0.3 is 20.1 Å². The number of urea groups is 1. The summed E-state index contributed by atoms with van der Waals surface area (Å²) in [6, 6.07) is 11.4. The summed E-state index contributed by atoms with van der Waals surface area (Å²) < 4.78 is 11.3. The van der Waals surface area contributed by atoms with E-state index in [-0.39, 0.29) is 18.6 Å². The molecule has 0 aromatic heterocycles. The van der Waals surface area contributed by atoms with Gasteiger partial charge in [0.2, 0.25) is 0 Å². The normalized spacial score (nSPS) is 16.1. The molecule has 1 aliphatic rings. The molecule has 2 aromatic carbocycles. The summed E-state index contributed by atoms with van der Waals surface area (Å²) in [6.07, 6.45) is 0. The molecule has 0 aliphatic carbocycles. The molecule has 0 saturated carbocycles. The van der Waals surface area contributed by atoms with Crippen molar-refractivity contribution in [3.05, 3.63) is 74.9 Å². The maximum absolute atomic E-state index is 12.7. The highest BCUT2D eigenvalue weighted by molar-refractivity contribution is 6.35. The van der Waals surface area contributed by atoms with Crippen LogP contribution in [0, 0.1) is 5.92 Å². The summed E-state index contributed by atoms with van der Waals surface area (Å²) in [5.74, 6) is 0.303. The first-order chi connectivity index (χ1) is 14.7. The van der Waals surface area contributed by atoms with Crippen LogP contribution in [0.25, 0.3) is 0 Å². The van der Waals surface area contributed by atoms with Crippen molar-refractivity contribution in [1.29, 1.82) is 0 Å². The third-order valence-corrected chi connectivity index (χ3v) is 5.22. The topological polar surface area (TPSA) is 76.7 Å². The van der Waals surface area contributed by atoms with Crippen LogP contribution in [0.5, 0.6) is 5.75 Å². The standard InChI is InChI=1S/C23H24Cl2N2O4/c1-13(2)11-31-22(28)20-14(3)26-23(29)27-21(20)15-5-4-6-18(9-15)30-12-16-7-8-17(24)10-19(16)25/h4-10,13,21H,11-12H2,1-3H3,(H2,26,27,29). The monoisotopic (exact) mass is 462 g/mol. The van der Waals surface area contributed by atoms with Gasteiger partial charge >= 0.3 is 12.0 Å². The molecule has 0 fully saturated rings. The van der Waals surface area contributed by atoms with E-state index in [4.69, 9.17) is 32.7 Å². The molecular weight excluding hydrogens is 439 g/mol. The number of rotatable bonds is 7. The molecule has 31 heavy (non-hydrogen) atoms. The van der Waals surface area contributed by atoms with Gasteiger partial charge in [0.15, 0.2) is 0 Å². The molecule has 2 aromatic rings. The molecule has 6 nitrogen and oxygen atoms in total. The first-order valence-electron chi connectivity index (χ1n) is 9.86. The molecule has 8 heteroatoms. The van der Waals surface area contributed by atoms with E-state index in [1.165, 1.54) is 0 Å². The van der Waals surface area contributed by atoms with E-state index in [2.05, 4.69) is 10.6 Å². The molecule has 1 aliphatic heterocycles. The average molecular weight is 463 g/mol. The Morgan fingerprint density at radius 3 is 2.65 bits per heavy atom. The van der Waals surface area contributed by atoms with Crippen molar-refractivity contribution in [2.24, 2.45) is 5.92 Å². The lowest BCUT2D eigenvalue weighted by Gasteiger charge is -2.28. The molecule has 1 atom stereocenters. The minimum atomic E-state index is -0.656. The largest absolute Gasteiger partial charge is 0.489 e. The average Bonchev–Trinajstić information content (AvgIpc) is 2.71. The number of allylic oxidation sites excluding steroid dienone is 1. The Morgan fingerprint density at radius 2 is 1.94 bits per heavy atom. The third-order valence-electron chi connectivity index (χ3n) is 4.64. The van der Waals surface area contributed by atoms with Gasteiger partial charge in [-0.1, -0.05) is 55.2 Å². The van der Waals surface area contributed by atoms with Crippen LogP contribution >= 0.6 is 23.2 Å². The van der Waals surface area contributed by atoms with E-state index in [0.717, 1.165) is 5.56 Å². The number of nitrogens with one attached hydrogen (secondary N) is 2. The molecule has 3 rings (SSSR count). The Balaban J connectivity index is 1.82. The van der Waals surface area contributed by atoms with Crippen molar-refractivity contribution >= 4 is 35.2 Å². The second-order valence-corrected chi connectivity index (χ2v) is 8.50. The molecule has 1 unspecified atom stereocenters. The zero-order chi connectivity index (χ0) is 22.5.